The maximum absolute atomic E-state index is 5.22. The molecule has 0 amide bonds. The number of hydrogen-bond donors (Lipinski definition) is 0. The van der Waals surface area contributed by atoms with Gasteiger partial charge in [-0.3, -0.25) is 0 Å². The predicted molar refractivity (Wildman–Crippen MR) is 47.8 cm³/mol. The molecule has 1 radical (unpaired) electrons. The van der Waals surface area contributed by atoms with Crippen molar-refractivity contribution in [1.29, 1.82) is 0 Å². The third-order valence-electron chi connectivity index (χ3n) is 1.81. The van der Waals surface area contributed by atoms with Gasteiger partial charge in [0.2, 0.25) is 0 Å². The predicted octanol–water partition coefficient (Wildman–Crippen LogP) is 1.62. The standard InChI is InChI=1S/C9H19O3/c1-5-6-7-8(10-2)9(11-3)12-4/h8-9H,1,5-7H2,2-4H3. The van der Waals surface area contributed by atoms with Crippen LogP contribution in [0, 0.1) is 6.92 Å². The van der Waals surface area contributed by atoms with E-state index in [4.69, 9.17) is 14.2 Å². The number of ether oxygens (including phenoxy) is 3. The number of unbranched alkanes of at least 4 members (excludes halogenated alkanes) is 1. The third kappa shape index (κ3) is 4.04. The first-order valence-corrected chi connectivity index (χ1v) is 4.17. The molecule has 0 aromatic rings. The molecule has 0 saturated heterocycles. The number of methoxy groups -OCH3 is 3. The molecule has 3 heteroatoms. The first-order valence-electron chi connectivity index (χ1n) is 4.17. The maximum Gasteiger partial charge on any atom is 0.182 e. The first-order chi connectivity index (χ1) is 5.79. The summed E-state index contributed by atoms with van der Waals surface area (Å²) in [6.07, 6.45) is 2.62. The average molecular weight is 175 g/mol. The molecule has 0 rings (SSSR count). The lowest BCUT2D eigenvalue weighted by molar-refractivity contribution is -0.174. The van der Waals surface area contributed by atoms with Gasteiger partial charge in [0.25, 0.3) is 0 Å². The normalized spacial score (nSPS) is 13.8. The Morgan fingerprint density at radius 3 is 2.00 bits per heavy atom. The smallest absolute Gasteiger partial charge is 0.182 e. The van der Waals surface area contributed by atoms with Gasteiger partial charge in [0.15, 0.2) is 6.29 Å². The highest BCUT2D eigenvalue weighted by atomic mass is 16.7. The molecule has 0 aromatic heterocycles. The van der Waals surface area contributed by atoms with Crippen molar-refractivity contribution in [2.24, 2.45) is 0 Å². The molecule has 0 aliphatic rings. The van der Waals surface area contributed by atoms with Crippen LogP contribution in [0.2, 0.25) is 0 Å². The summed E-state index contributed by atoms with van der Waals surface area (Å²) in [4.78, 5) is 0. The van der Waals surface area contributed by atoms with Crippen molar-refractivity contribution in [3.8, 4) is 0 Å². The fourth-order valence-corrected chi connectivity index (χ4v) is 1.11. The van der Waals surface area contributed by atoms with E-state index in [2.05, 4.69) is 6.92 Å². The maximum atomic E-state index is 5.22. The highest BCUT2D eigenvalue weighted by molar-refractivity contribution is 4.62. The Morgan fingerprint density at radius 1 is 1.08 bits per heavy atom. The van der Waals surface area contributed by atoms with Gasteiger partial charge in [0.1, 0.15) is 6.10 Å². The summed E-state index contributed by atoms with van der Waals surface area (Å²) in [5.41, 5.74) is 0. The summed E-state index contributed by atoms with van der Waals surface area (Å²) in [6, 6.07) is 0. The minimum absolute atomic E-state index is 0.0155. The minimum atomic E-state index is -0.262. The molecule has 1 unspecified atom stereocenters. The van der Waals surface area contributed by atoms with E-state index in [0.717, 1.165) is 19.3 Å². The van der Waals surface area contributed by atoms with Crippen LogP contribution in [-0.2, 0) is 14.2 Å². The zero-order valence-electron chi connectivity index (χ0n) is 8.21. The van der Waals surface area contributed by atoms with Crippen LogP contribution in [0.25, 0.3) is 0 Å². The molecule has 1 atom stereocenters. The van der Waals surface area contributed by atoms with Crippen LogP contribution in [0.3, 0.4) is 0 Å². The molecule has 3 nitrogen and oxygen atoms in total. The fourth-order valence-electron chi connectivity index (χ4n) is 1.11. The molecule has 0 fully saturated rings. The van der Waals surface area contributed by atoms with Crippen LogP contribution < -0.4 is 0 Å². The molecule has 0 aliphatic carbocycles. The second-order valence-corrected chi connectivity index (χ2v) is 2.61. The summed E-state index contributed by atoms with van der Waals surface area (Å²) < 4.78 is 15.4. The van der Waals surface area contributed by atoms with E-state index in [0.29, 0.717) is 0 Å². The Balaban J connectivity index is 3.75. The lowest BCUT2D eigenvalue weighted by atomic mass is 10.1. The fraction of sp³-hybridized carbons (Fsp3) is 0.889. The van der Waals surface area contributed by atoms with Crippen LogP contribution in [0.5, 0.6) is 0 Å². The van der Waals surface area contributed by atoms with Gasteiger partial charge in [-0.2, -0.15) is 0 Å². The molecular weight excluding hydrogens is 156 g/mol. The van der Waals surface area contributed by atoms with E-state index in [-0.39, 0.29) is 12.4 Å². The van der Waals surface area contributed by atoms with Gasteiger partial charge < -0.3 is 14.2 Å². The summed E-state index contributed by atoms with van der Waals surface area (Å²) in [5, 5.41) is 0. The van der Waals surface area contributed by atoms with Crippen LogP contribution in [0.1, 0.15) is 19.3 Å². The molecule has 0 aliphatic heterocycles. The second-order valence-electron chi connectivity index (χ2n) is 2.61. The molecule has 0 saturated carbocycles. The topological polar surface area (TPSA) is 27.7 Å². The Bertz CT molecular complexity index is 91.8. The monoisotopic (exact) mass is 175 g/mol. The summed E-state index contributed by atoms with van der Waals surface area (Å²) in [6.45, 7) is 3.77. The summed E-state index contributed by atoms with van der Waals surface area (Å²) >= 11 is 0. The minimum Gasteiger partial charge on any atom is -0.376 e. The van der Waals surface area contributed by atoms with E-state index in [1.807, 2.05) is 0 Å². The van der Waals surface area contributed by atoms with E-state index in [9.17, 15) is 0 Å². The van der Waals surface area contributed by atoms with Gasteiger partial charge in [-0.15, -0.1) is 0 Å². The molecule has 0 aromatic carbocycles. The highest BCUT2D eigenvalue weighted by Crippen LogP contribution is 2.11. The quantitative estimate of drug-likeness (QED) is 0.550. The van der Waals surface area contributed by atoms with Gasteiger partial charge in [-0.1, -0.05) is 19.8 Å². The molecular formula is C9H19O3. The van der Waals surface area contributed by atoms with Crippen molar-refractivity contribution >= 4 is 0 Å². The SMILES string of the molecule is [CH2]CCCC(OC)C(OC)OC. The molecule has 0 spiro atoms. The Hall–Kier alpha value is -0.120. The van der Waals surface area contributed by atoms with Gasteiger partial charge >= 0.3 is 0 Å². The summed E-state index contributed by atoms with van der Waals surface area (Å²) in [7, 11) is 4.90. The first kappa shape index (κ1) is 11.9. The van der Waals surface area contributed by atoms with E-state index in [1.54, 1.807) is 21.3 Å². The number of rotatable bonds is 7. The van der Waals surface area contributed by atoms with Crippen molar-refractivity contribution in [2.45, 2.75) is 31.7 Å². The van der Waals surface area contributed by atoms with Gasteiger partial charge in [-0.25, -0.2) is 0 Å². The zero-order valence-corrected chi connectivity index (χ0v) is 8.21. The molecule has 0 N–H and O–H groups in total. The number of hydrogen-bond acceptors (Lipinski definition) is 3. The molecule has 73 valence electrons. The Morgan fingerprint density at radius 2 is 1.67 bits per heavy atom. The van der Waals surface area contributed by atoms with Crippen molar-refractivity contribution in [1.82, 2.24) is 0 Å². The van der Waals surface area contributed by atoms with Crippen LogP contribution >= 0.6 is 0 Å². The zero-order chi connectivity index (χ0) is 9.40. The van der Waals surface area contributed by atoms with Crippen molar-refractivity contribution in [3.63, 3.8) is 0 Å². The highest BCUT2D eigenvalue weighted by Gasteiger charge is 2.19. The lowest BCUT2D eigenvalue weighted by Gasteiger charge is -2.22. The van der Waals surface area contributed by atoms with Crippen molar-refractivity contribution in [3.05, 3.63) is 6.92 Å². The van der Waals surface area contributed by atoms with E-state index in [1.165, 1.54) is 0 Å². The van der Waals surface area contributed by atoms with Gasteiger partial charge in [-0.05, 0) is 6.42 Å². The van der Waals surface area contributed by atoms with Gasteiger partial charge in [0.05, 0.1) is 0 Å². The lowest BCUT2D eigenvalue weighted by Crippen LogP contribution is -2.31. The van der Waals surface area contributed by atoms with Gasteiger partial charge in [0, 0.05) is 21.3 Å². The second kappa shape index (κ2) is 7.53. The van der Waals surface area contributed by atoms with Crippen molar-refractivity contribution < 1.29 is 14.2 Å². The van der Waals surface area contributed by atoms with Crippen LogP contribution in [0.4, 0.5) is 0 Å². The van der Waals surface area contributed by atoms with E-state index >= 15 is 0 Å². The average Bonchev–Trinajstić information content (AvgIpc) is 2.12. The Kier molecular flexibility index (Phi) is 7.45. The molecule has 0 bridgehead atoms. The molecule has 0 heterocycles. The largest absolute Gasteiger partial charge is 0.376 e. The van der Waals surface area contributed by atoms with E-state index < -0.39 is 0 Å². The van der Waals surface area contributed by atoms with Crippen molar-refractivity contribution in [2.75, 3.05) is 21.3 Å². The Labute approximate surface area is 75.0 Å². The van der Waals surface area contributed by atoms with Crippen LogP contribution in [-0.4, -0.2) is 33.7 Å². The summed E-state index contributed by atoms with van der Waals surface area (Å²) in [5.74, 6) is 0. The van der Waals surface area contributed by atoms with Crippen LogP contribution in [0.15, 0.2) is 0 Å². The third-order valence-corrected chi connectivity index (χ3v) is 1.81. The molecule has 12 heavy (non-hydrogen) atoms.